The first-order chi connectivity index (χ1) is 9.61. The molecule has 0 heterocycles. The summed E-state index contributed by atoms with van der Waals surface area (Å²) < 4.78 is 1.04. The molecule has 106 valence electrons. The molecule has 2 fully saturated rings. The maximum absolute atomic E-state index is 12.2. The van der Waals surface area contributed by atoms with Gasteiger partial charge in [0.1, 0.15) is 0 Å². The van der Waals surface area contributed by atoms with Gasteiger partial charge in [-0.2, -0.15) is 5.10 Å². The first kappa shape index (κ1) is 13.8. The summed E-state index contributed by atoms with van der Waals surface area (Å²) in [5.41, 5.74) is 3.93. The second-order valence-corrected chi connectivity index (χ2v) is 7.04. The minimum absolute atomic E-state index is 0.0905. The molecule has 0 bridgehead atoms. The highest BCUT2D eigenvalue weighted by molar-refractivity contribution is 9.10. The molecule has 2 saturated carbocycles. The predicted octanol–water partition coefficient (Wildman–Crippen LogP) is 3.73. The van der Waals surface area contributed by atoms with Crippen LogP contribution in [0.3, 0.4) is 0 Å². The van der Waals surface area contributed by atoms with Gasteiger partial charge in [0.15, 0.2) is 0 Å². The molecular weight excluding hydrogens is 316 g/mol. The van der Waals surface area contributed by atoms with Crippen LogP contribution in [0.2, 0.25) is 0 Å². The number of amides is 1. The molecular formula is C16H19BrN2O. The molecule has 0 spiro atoms. The van der Waals surface area contributed by atoms with Gasteiger partial charge < -0.3 is 0 Å². The zero-order chi connectivity index (χ0) is 14.2. The monoisotopic (exact) mass is 334 g/mol. The Hall–Kier alpha value is -1.16. The number of nitrogens with one attached hydrogen (secondary N) is 1. The van der Waals surface area contributed by atoms with Gasteiger partial charge in [0, 0.05) is 10.4 Å². The summed E-state index contributed by atoms with van der Waals surface area (Å²) in [6, 6.07) is 7.83. The molecule has 1 aromatic carbocycles. The van der Waals surface area contributed by atoms with Crippen molar-refractivity contribution in [2.24, 2.45) is 22.4 Å². The van der Waals surface area contributed by atoms with E-state index in [1.54, 1.807) is 6.21 Å². The lowest BCUT2D eigenvalue weighted by atomic mass is 9.90. The number of hydrogen-bond donors (Lipinski definition) is 1. The Morgan fingerprint density at radius 1 is 1.40 bits per heavy atom. The first-order valence-electron chi connectivity index (χ1n) is 7.20. The quantitative estimate of drug-likeness (QED) is 0.664. The van der Waals surface area contributed by atoms with Crippen LogP contribution in [-0.2, 0) is 4.79 Å². The van der Waals surface area contributed by atoms with Crippen LogP contribution in [0.4, 0.5) is 0 Å². The molecule has 1 aromatic rings. The molecule has 0 aromatic heterocycles. The van der Waals surface area contributed by atoms with Crippen LogP contribution in [0.5, 0.6) is 0 Å². The summed E-state index contributed by atoms with van der Waals surface area (Å²) in [7, 11) is 0. The minimum Gasteiger partial charge on any atom is -0.273 e. The zero-order valence-electron chi connectivity index (χ0n) is 11.6. The normalized spacial score (nSPS) is 31.9. The molecule has 0 unspecified atom stereocenters. The minimum atomic E-state index is 0.0905. The Bertz CT molecular complexity index is 540. The van der Waals surface area contributed by atoms with E-state index in [9.17, 15) is 4.79 Å². The Labute approximate surface area is 128 Å². The number of halogens is 1. The Morgan fingerprint density at radius 2 is 2.15 bits per heavy atom. The van der Waals surface area contributed by atoms with Crippen LogP contribution in [0, 0.1) is 17.3 Å². The van der Waals surface area contributed by atoms with Crippen LogP contribution in [0.1, 0.15) is 38.2 Å². The maximum atomic E-state index is 12.2. The van der Waals surface area contributed by atoms with E-state index in [-0.39, 0.29) is 17.2 Å². The van der Waals surface area contributed by atoms with Gasteiger partial charge in [0.05, 0.1) is 6.21 Å². The van der Waals surface area contributed by atoms with Crippen LogP contribution in [0.25, 0.3) is 0 Å². The van der Waals surface area contributed by atoms with Crippen molar-refractivity contribution in [3.05, 3.63) is 34.3 Å². The average molecular weight is 335 g/mol. The van der Waals surface area contributed by atoms with Gasteiger partial charge in [-0.3, -0.25) is 4.79 Å². The van der Waals surface area contributed by atoms with E-state index in [1.165, 1.54) is 25.7 Å². The Morgan fingerprint density at radius 3 is 2.80 bits per heavy atom. The number of hydrogen-bond acceptors (Lipinski definition) is 2. The number of rotatable bonds is 3. The van der Waals surface area contributed by atoms with Gasteiger partial charge in [-0.05, 0) is 41.9 Å². The lowest BCUT2D eigenvalue weighted by Crippen LogP contribution is -2.22. The molecule has 20 heavy (non-hydrogen) atoms. The second kappa shape index (κ2) is 5.32. The Balaban J connectivity index is 1.56. The highest BCUT2D eigenvalue weighted by atomic mass is 79.9. The highest BCUT2D eigenvalue weighted by Crippen LogP contribution is 2.66. The average Bonchev–Trinajstić information content (AvgIpc) is 3.06. The fraction of sp³-hybridized carbons (Fsp3) is 0.500. The van der Waals surface area contributed by atoms with Crippen molar-refractivity contribution in [3.8, 4) is 0 Å². The summed E-state index contributed by atoms with van der Waals surface area (Å²) in [5, 5.41) is 4.08. The van der Waals surface area contributed by atoms with Crippen molar-refractivity contribution in [1.29, 1.82) is 0 Å². The molecule has 2 aliphatic carbocycles. The SMILES string of the molecule is C[C@@]12CCCC[C@H]1[C@@H]2C(=O)N/N=C/c1ccc(Br)cc1. The van der Waals surface area contributed by atoms with Crippen molar-refractivity contribution in [2.45, 2.75) is 32.6 Å². The van der Waals surface area contributed by atoms with Gasteiger partial charge in [-0.1, -0.05) is 47.8 Å². The number of hydrazone groups is 1. The molecule has 3 rings (SSSR count). The molecule has 3 atom stereocenters. The molecule has 2 aliphatic rings. The van der Waals surface area contributed by atoms with E-state index >= 15 is 0 Å². The summed E-state index contributed by atoms with van der Waals surface area (Å²) in [5.74, 6) is 0.846. The number of carbonyl (C=O) groups excluding carboxylic acids is 1. The first-order valence-corrected chi connectivity index (χ1v) is 7.99. The maximum Gasteiger partial charge on any atom is 0.244 e. The molecule has 1 N–H and O–H groups in total. The number of benzene rings is 1. The lowest BCUT2D eigenvalue weighted by Gasteiger charge is -2.15. The molecule has 4 heteroatoms. The topological polar surface area (TPSA) is 41.5 Å². The van der Waals surface area contributed by atoms with Crippen molar-refractivity contribution < 1.29 is 4.79 Å². The van der Waals surface area contributed by atoms with Crippen LogP contribution >= 0.6 is 15.9 Å². The summed E-state index contributed by atoms with van der Waals surface area (Å²) in [4.78, 5) is 12.2. The fourth-order valence-electron chi connectivity index (χ4n) is 3.64. The molecule has 0 radical (unpaired) electrons. The zero-order valence-corrected chi connectivity index (χ0v) is 13.2. The fourth-order valence-corrected chi connectivity index (χ4v) is 3.90. The van der Waals surface area contributed by atoms with Gasteiger partial charge in [-0.15, -0.1) is 0 Å². The number of fused-ring (bicyclic) bond motifs is 1. The molecule has 3 nitrogen and oxygen atoms in total. The lowest BCUT2D eigenvalue weighted by molar-refractivity contribution is -0.123. The molecule has 0 aliphatic heterocycles. The standard InChI is InChI=1S/C16H19BrN2O/c1-16-9-3-2-4-13(16)14(16)15(20)19-18-10-11-5-7-12(17)8-6-11/h5-8,10,13-14H,2-4,9H2,1H3,(H,19,20)/b18-10+/t13-,14+,16+/m0/s1. The van der Waals surface area contributed by atoms with E-state index in [4.69, 9.17) is 0 Å². The third-order valence-corrected chi connectivity index (χ3v) is 5.40. The van der Waals surface area contributed by atoms with E-state index in [1.807, 2.05) is 24.3 Å². The van der Waals surface area contributed by atoms with Crippen molar-refractivity contribution in [2.75, 3.05) is 0 Å². The highest BCUT2D eigenvalue weighted by Gasteiger charge is 2.64. The van der Waals surface area contributed by atoms with E-state index in [0.717, 1.165) is 10.0 Å². The summed E-state index contributed by atoms with van der Waals surface area (Å²) in [6.45, 7) is 2.25. The van der Waals surface area contributed by atoms with Gasteiger partial charge >= 0.3 is 0 Å². The van der Waals surface area contributed by atoms with Crippen LogP contribution in [0.15, 0.2) is 33.8 Å². The smallest absolute Gasteiger partial charge is 0.244 e. The van der Waals surface area contributed by atoms with E-state index < -0.39 is 0 Å². The van der Waals surface area contributed by atoms with Crippen LogP contribution in [-0.4, -0.2) is 12.1 Å². The van der Waals surface area contributed by atoms with Gasteiger partial charge in [0.2, 0.25) is 5.91 Å². The number of carbonyl (C=O) groups is 1. The molecule has 0 saturated heterocycles. The van der Waals surface area contributed by atoms with E-state index in [2.05, 4.69) is 33.4 Å². The van der Waals surface area contributed by atoms with Crippen molar-refractivity contribution in [1.82, 2.24) is 5.43 Å². The predicted molar refractivity (Wildman–Crippen MR) is 83.4 cm³/mol. The van der Waals surface area contributed by atoms with Crippen molar-refractivity contribution >= 4 is 28.1 Å². The third kappa shape index (κ3) is 2.53. The molecule has 1 amide bonds. The van der Waals surface area contributed by atoms with E-state index in [0.29, 0.717) is 5.92 Å². The largest absolute Gasteiger partial charge is 0.273 e. The second-order valence-electron chi connectivity index (χ2n) is 6.12. The van der Waals surface area contributed by atoms with Gasteiger partial charge in [-0.25, -0.2) is 5.43 Å². The van der Waals surface area contributed by atoms with Gasteiger partial charge in [0.25, 0.3) is 0 Å². The van der Waals surface area contributed by atoms with Crippen LogP contribution < -0.4 is 5.43 Å². The summed E-state index contributed by atoms with van der Waals surface area (Å²) >= 11 is 3.39. The number of nitrogens with zero attached hydrogens (tertiary/aromatic N) is 1. The van der Waals surface area contributed by atoms with Crippen molar-refractivity contribution in [3.63, 3.8) is 0 Å². The Kier molecular flexibility index (Phi) is 3.67. The summed E-state index contributed by atoms with van der Waals surface area (Å²) in [6.07, 6.45) is 6.61. The third-order valence-electron chi connectivity index (χ3n) is 4.87.